The number of benzene rings is 1. The van der Waals surface area contributed by atoms with E-state index in [1.807, 2.05) is 12.1 Å². The predicted molar refractivity (Wildman–Crippen MR) is 74.2 cm³/mol. The predicted octanol–water partition coefficient (Wildman–Crippen LogP) is 3.14. The third-order valence-electron chi connectivity index (χ3n) is 3.47. The molecule has 0 N–H and O–H groups in total. The summed E-state index contributed by atoms with van der Waals surface area (Å²) in [5.41, 5.74) is 1.32. The molecule has 0 amide bonds. The summed E-state index contributed by atoms with van der Waals surface area (Å²) in [4.78, 5) is 2.58. The number of ether oxygens (including phenoxy) is 1. The molecule has 1 unspecified atom stereocenters. The maximum absolute atomic E-state index is 5.39. The fraction of sp³-hybridized carbons (Fsp3) is 0.571. The van der Waals surface area contributed by atoms with Gasteiger partial charge in [-0.3, -0.25) is 0 Å². The summed E-state index contributed by atoms with van der Waals surface area (Å²) in [6, 6.07) is 8.97. The highest BCUT2D eigenvalue weighted by atomic mass is 35.5. The minimum atomic E-state index is 0. The average molecular weight is 256 g/mol. The highest BCUT2D eigenvalue weighted by Crippen LogP contribution is 2.22. The molecule has 1 aliphatic rings. The van der Waals surface area contributed by atoms with Crippen LogP contribution in [0.3, 0.4) is 0 Å². The monoisotopic (exact) mass is 255 g/mol. The van der Waals surface area contributed by atoms with Crippen LogP contribution in [0.5, 0.6) is 5.75 Å². The van der Waals surface area contributed by atoms with Crippen molar-refractivity contribution in [3.63, 3.8) is 0 Å². The number of methoxy groups -OCH3 is 1. The van der Waals surface area contributed by atoms with E-state index in [0.29, 0.717) is 6.04 Å². The molecule has 17 heavy (non-hydrogen) atoms. The van der Waals surface area contributed by atoms with Gasteiger partial charge in [0.2, 0.25) is 0 Å². The fourth-order valence-electron chi connectivity index (χ4n) is 2.50. The van der Waals surface area contributed by atoms with Crippen molar-refractivity contribution < 1.29 is 4.74 Å². The third kappa shape index (κ3) is 3.62. The average Bonchev–Trinajstić information content (AvgIpc) is 2.83. The molecule has 1 heterocycles. The zero-order valence-corrected chi connectivity index (χ0v) is 11.5. The maximum Gasteiger partial charge on any atom is 0.122 e. The van der Waals surface area contributed by atoms with Gasteiger partial charge in [0.25, 0.3) is 0 Å². The first kappa shape index (κ1) is 14.3. The molecule has 1 atom stereocenters. The molecule has 2 rings (SSSR count). The molecule has 0 spiro atoms. The molecular formula is C14H22ClNO. The Kier molecular flexibility index (Phi) is 5.79. The first-order valence-electron chi connectivity index (χ1n) is 6.17. The Labute approximate surface area is 110 Å². The van der Waals surface area contributed by atoms with Gasteiger partial charge in [-0.1, -0.05) is 18.2 Å². The number of likely N-dealkylation sites (tertiary alicyclic amines) is 1. The van der Waals surface area contributed by atoms with Crippen LogP contribution in [0.25, 0.3) is 0 Å². The molecule has 0 radical (unpaired) electrons. The molecule has 3 heteroatoms. The van der Waals surface area contributed by atoms with E-state index >= 15 is 0 Å². The molecule has 0 aliphatic carbocycles. The lowest BCUT2D eigenvalue weighted by Crippen LogP contribution is -2.31. The molecule has 1 aromatic carbocycles. The van der Waals surface area contributed by atoms with Gasteiger partial charge in [0.05, 0.1) is 7.11 Å². The number of hydrogen-bond donors (Lipinski definition) is 0. The van der Waals surface area contributed by atoms with Gasteiger partial charge in [-0.2, -0.15) is 0 Å². The van der Waals surface area contributed by atoms with E-state index < -0.39 is 0 Å². The lowest BCUT2D eigenvalue weighted by Gasteiger charge is -2.24. The summed E-state index contributed by atoms with van der Waals surface area (Å²) in [7, 11) is 1.75. The first-order valence-corrected chi connectivity index (χ1v) is 6.17. The fourth-order valence-corrected chi connectivity index (χ4v) is 2.50. The molecule has 0 saturated carbocycles. The Hall–Kier alpha value is -0.730. The normalized spacial score (nSPS) is 17.5. The highest BCUT2D eigenvalue weighted by molar-refractivity contribution is 5.85. The van der Waals surface area contributed by atoms with Crippen molar-refractivity contribution in [2.75, 3.05) is 20.2 Å². The van der Waals surface area contributed by atoms with E-state index in [9.17, 15) is 0 Å². The largest absolute Gasteiger partial charge is 0.496 e. The minimum absolute atomic E-state index is 0. The quantitative estimate of drug-likeness (QED) is 0.820. The summed E-state index contributed by atoms with van der Waals surface area (Å²) in [5.74, 6) is 1.02. The minimum Gasteiger partial charge on any atom is -0.496 e. The van der Waals surface area contributed by atoms with Crippen molar-refractivity contribution >= 4 is 12.4 Å². The molecule has 2 nitrogen and oxygen atoms in total. The van der Waals surface area contributed by atoms with Crippen molar-refractivity contribution in [3.05, 3.63) is 29.8 Å². The third-order valence-corrected chi connectivity index (χ3v) is 3.47. The molecular weight excluding hydrogens is 234 g/mol. The van der Waals surface area contributed by atoms with Gasteiger partial charge >= 0.3 is 0 Å². The summed E-state index contributed by atoms with van der Waals surface area (Å²) in [6.07, 6.45) is 3.80. The lowest BCUT2D eigenvalue weighted by molar-refractivity contribution is 0.256. The first-order chi connectivity index (χ1) is 7.81. The van der Waals surface area contributed by atoms with E-state index in [1.54, 1.807) is 7.11 Å². The Morgan fingerprint density at radius 1 is 1.24 bits per heavy atom. The van der Waals surface area contributed by atoms with Gasteiger partial charge in [-0.25, -0.2) is 0 Å². The topological polar surface area (TPSA) is 12.5 Å². The molecule has 0 bridgehead atoms. The number of para-hydroxylation sites is 1. The number of halogens is 1. The molecule has 1 fully saturated rings. The van der Waals surface area contributed by atoms with Gasteiger partial charge in [-0.15, -0.1) is 12.4 Å². The van der Waals surface area contributed by atoms with Crippen LogP contribution in [0.4, 0.5) is 0 Å². The van der Waals surface area contributed by atoms with Crippen molar-refractivity contribution in [2.24, 2.45) is 0 Å². The molecule has 1 saturated heterocycles. The second kappa shape index (κ2) is 6.87. The molecule has 0 aromatic heterocycles. The number of rotatable bonds is 4. The Balaban J connectivity index is 0.00000144. The Morgan fingerprint density at radius 3 is 2.53 bits per heavy atom. The summed E-state index contributed by atoms with van der Waals surface area (Å²) in [6.45, 7) is 4.84. The van der Waals surface area contributed by atoms with Crippen LogP contribution in [0.1, 0.15) is 25.3 Å². The van der Waals surface area contributed by atoms with Crippen molar-refractivity contribution in [1.29, 1.82) is 0 Å². The smallest absolute Gasteiger partial charge is 0.122 e. The van der Waals surface area contributed by atoms with Crippen LogP contribution in [0.15, 0.2) is 24.3 Å². The Morgan fingerprint density at radius 2 is 1.88 bits per heavy atom. The van der Waals surface area contributed by atoms with Crippen LogP contribution in [0.2, 0.25) is 0 Å². The van der Waals surface area contributed by atoms with Gasteiger partial charge < -0.3 is 9.64 Å². The summed E-state index contributed by atoms with van der Waals surface area (Å²) in [5, 5.41) is 0. The zero-order chi connectivity index (χ0) is 11.4. The second-order valence-corrected chi connectivity index (χ2v) is 4.61. The van der Waals surface area contributed by atoms with Crippen molar-refractivity contribution in [1.82, 2.24) is 4.90 Å². The van der Waals surface area contributed by atoms with Crippen molar-refractivity contribution in [3.8, 4) is 5.75 Å². The number of hydrogen-bond acceptors (Lipinski definition) is 2. The van der Waals surface area contributed by atoms with E-state index in [4.69, 9.17) is 4.74 Å². The summed E-state index contributed by atoms with van der Waals surface area (Å²) >= 11 is 0. The van der Waals surface area contributed by atoms with Crippen LogP contribution >= 0.6 is 12.4 Å². The molecule has 96 valence electrons. The van der Waals surface area contributed by atoms with Crippen LogP contribution in [-0.2, 0) is 6.42 Å². The highest BCUT2D eigenvalue weighted by Gasteiger charge is 2.19. The van der Waals surface area contributed by atoms with Gasteiger partial charge in [0.15, 0.2) is 0 Å². The van der Waals surface area contributed by atoms with E-state index in [1.165, 1.54) is 31.5 Å². The van der Waals surface area contributed by atoms with Gasteiger partial charge in [0.1, 0.15) is 5.75 Å². The van der Waals surface area contributed by atoms with Gasteiger partial charge in [-0.05, 0) is 50.9 Å². The van der Waals surface area contributed by atoms with Crippen LogP contribution < -0.4 is 4.74 Å². The van der Waals surface area contributed by atoms with E-state index in [2.05, 4.69) is 24.0 Å². The SMILES string of the molecule is COc1ccccc1CC(C)N1CCCC1.Cl. The standard InChI is InChI=1S/C14H21NO.ClH/c1-12(15-9-5-6-10-15)11-13-7-3-4-8-14(13)16-2;/h3-4,7-8,12H,5-6,9-11H2,1-2H3;1H. The zero-order valence-electron chi connectivity index (χ0n) is 10.7. The number of nitrogens with zero attached hydrogens (tertiary/aromatic N) is 1. The summed E-state index contributed by atoms with van der Waals surface area (Å²) < 4.78 is 5.39. The van der Waals surface area contributed by atoms with Crippen molar-refractivity contribution in [2.45, 2.75) is 32.2 Å². The maximum atomic E-state index is 5.39. The second-order valence-electron chi connectivity index (χ2n) is 4.61. The Bertz CT molecular complexity index is 337. The lowest BCUT2D eigenvalue weighted by atomic mass is 10.1. The molecule has 1 aromatic rings. The van der Waals surface area contributed by atoms with Crippen LogP contribution in [0, 0.1) is 0 Å². The van der Waals surface area contributed by atoms with E-state index in [-0.39, 0.29) is 12.4 Å². The van der Waals surface area contributed by atoms with Crippen LogP contribution in [-0.4, -0.2) is 31.1 Å². The van der Waals surface area contributed by atoms with Gasteiger partial charge in [0, 0.05) is 6.04 Å². The van der Waals surface area contributed by atoms with E-state index in [0.717, 1.165) is 12.2 Å². The molecule has 1 aliphatic heterocycles.